The molecule has 0 bridgehead atoms. The fourth-order valence-corrected chi connectivity index (χ4v) is 6.15. The molecule has 0 radical (unpaired) electrons. The number of esters is 1. The molecule has 0 spiro atoms. The molecular formula is C32H33FN4O5. The van der Waals surface area contributed by atoms with Gasteiger partial charge in [0.1, 0.15) is 23.8 Å². The van der Waals surface area contributed by atoms with Gasteiger partial charge in [0.25, 0.3) is 0 Å². The maximum Gasteiger partial charge on any atom is 0.356 e. The Labute approximate surface area is 243 Å². The van der Waals surface area contributed by atoms with Crippen LogP contribution in [0.2, 0.25) is 0 Å². The summed E-state index contributed by atoms with van der Waals surface area (Å²) < 4.78 is 39.5. The Kier molecular flexibility index (Phi) is 7.25. The van der Waals surface area contributed by atoms with Gasteiger partial charge in [-0.15, -0.1) is 0 Å². The highest BCUT2D eigenvalue weighted by Crippen LogP contribution is 2.44. The third-order valence-electron chi connectivity index (χ3n) is 8.55. The number of rotatable bonds is 7. The van der Waals surface area contributed by atoms with Crippen molar-refractivity contribution in [2.45, 2.75) is 50.5 Å². The fraction of sp³-hybridized carbons (Fsp3) is 0.406. The summed E-state index contributed by atoms with van der Waals surface area (Å²) in [6.45, 7) is 4.18. The van der Waals surface area contributed by atoms with Gasteiger partial charge in [-0.1, -0.05) is 30.3 Å². The van der Waals surface area contributed by atoms with E-state index in [0.717, 1.165) is 61.6 Å². The predicted octanol–water partition coefficient (Wildman–Crippen LogP) is 5.04. The number of piperidine rings is 1. The first-order chi connectivity index (χ1) is 20.6. The second kappa shape index (κ2) is 11.3. The van der Waals surface area contributed by atoms with Crippen molar-refractivity contribution in [2.75, 3.05) is 33.4 Å². The molecule has 0 N–H and O–H groups in total. The number of carbonyl (C=O) groups is 1. The molecule has 0 saturated carbocycles. The summed E-state index contributed by atoms with van der Waals surface area (Å²) in [5.74, 6) is 1.94. The van der Waals surface area contributed by atoms with E-state index in [1.807, 2.05) is 24.3 Å². The molecule has 5 heterocycles. The molecule has 2 aromatic heterocycles. The zero-order valence-electron chi connectivity index (χ0n) is 23.5. The lowest BCUT2D eigenvalue weighted by Gasteiger charge is -2.35. The summed E-state index contributed by atoms with van der Waals surface area (Å²) in [6, 6.07) is 16.2. The Bertz CT molecular complexity index is 1610. The smallest absolute Gasteiger partial charge is 0.356 e. The highest BCUT2D eigenvalue weighted by molar-refractivity contribution is 5.89. The Morgan fingerprint density at radius 2 is 1.83 bits per heavy atom. The largest absolute Gasteiger partial charge is 0.485 e. The number of ether oxygens (including phenoxy) is 4. The van der Waals surface area contributed by atoms with Gasteiger partial charge >= 0.3 is 5.97 Å². The first kappa shape index (κ1) is 26.9. The van der Waals surface area contributed by atoms with E-state index in [2.05, 4.69) is 20.5 Å². The minimum absolute atomic E-state index is 0.125. The molecule has 0 aliphatic carbocycles. The van der Waals surface area contributed by atoms with Crippen molar-refractivity contribution < 1.29 is 28.1 Å². The maximum atomic E-state index is 14.4. The van der Waals surface area contributed by atoms with E-state index < -0.39 is 12.1 Å². The molecule has 3 aliphatic heterocycles. The maximum absolute atomic E-state index is 14.4. The molecule has 4 aromatic rings. The normalized spacial score (nSPS) is 20.8. The molecule has 0 amide bonds. The quantitative estimate of drug-likeness (QED) is 0.285. The average Bonchev–Trinajstić information content (AvgIpc) is 3.34. The molecule has 7 rings (SSSR count). The van der Waals surface area contributed by atoms with E-state index in [0.29, 0.717) is 36.0 Å². The van der Waals surface area contributed by atoms with Crippen molar-refractivity contribution >= 4 is 17.1 Å². The van der Waals surface area contributed by atoms with Crippen LogP contribution in [0.4, 0.5) is 4.39 Å². The van der Waals surface area contributed by atoms with E-state index in [-0.39, 0.29) is 24.2 Å². The molecule has 42 heavy (non-hydrogen) atoms. The van der Waals surface area contributed by atoms with Gasteiger partial charge in [0.05, 0.1) is 26.3 Å². The van der Waals surface area contributed by atoms with Crippen LogP contribution in [0.3, 0.4) is 0 Å². The predicted molar refractivity (Wildman–Crippen MR) is 152 cm³/mol. The van der Waals surface area contributed by atoms with E-state index in [4.69, 9.17) is 23.9 Å². The van der Waals surface area contributed by atoms with Crippen LogP contribution >= 0.6 is 0 Å². The van der Waals surface area contributed by atoms with Gasteiger partial charge in [-0.2, -0.15) is 0 Å². The van der Waals surface area contributed by atoms with Crippen molar-refractivity contribution in [3.8, 4) is 11.5 Å². The van der Waals surface area contributed by atoms with Crippen LogP contribution in [0, 0.1) is 5.82 Å². The number of methoxy groups -OCH3 is 1. The SMILES string of the molecule is COC(=O)c1ccc2nc(CN3CCC(c4cccc5c4OCC(c4ccccc4F)O5)CC3)n(C[C@@H]3CCO3)c2n1. The monoisotopic (exact) mass is 572 g/mol. The number of fused-ring (bicyclic) bond motifs is 2. The molecular weight excluding hydrogens is 539 g/mol. The Morgan fingerprint density at radius 1 is 1.02 bits per heavy atom. The van der Waals surface area contributed by atoms with Crippen LogP contribution in [0.15, 0.2) is 54.6 Å². The van der Waals surface area contributed by atoms with Gasteiger partial charge in [0.15, 0.2) is 28.9 Å². The average molecular weight is 573 g/mol. The third kappa shape index (κ3) is 5.09. The highest BCUT2D eigenvalue weighted by Gasteiger charge is 2.31. The van der Waals surface area contributed by atoms with Gasteiger partial charge in [-0.05, 0) is 62.5 Å². The first-order valence-corrected chi connectivity index (χ1v) is 14.5. The number of hydrogen-bond donors (Lipinski definition) is 0. The number of likely N-dealkylation sites (tertiary alicyclic amines) is 1. The Morgan fingerprint density at radius 3 is 2.60 bits per heavy atom. The van der Waals surface area contributed by atoms with Gasteiger partial charge < -0.3 is 23.5 Å². The van der Waals surface area contributed by atoms with Crippen molar-refractivity contribution in [3.63, 3.8) is 0 Å². The number of pyridine rings is 1. The van der Waals surface area contributed by atoms with E-state index in [1.165, 1.54) is 13.2 Å². The summed E-state index contributed by atoms with van der Waals surface area (Å²) in [5.41, 5.74) is 3.36. The number of nitrogens with zero attached hydrogens (tertiary/aromatic N) is 4. The van der Waals surface area contributed by atoms with E-state index >= 15 is 0 Å². The Hall–Kier alpha value is -4.02. The number of benzene rings is 2. The number of aromatic nitrogens is 3. The molecule has 2 saturated heterocycles. The van der Waals surface area contributed by atoms with Crippen LogP contribution in [0.1, 0.15) is 58.7 Å². The molecule has 2 fully saturated rings. The van der Waals surface area contributed by atoms with Gasteiger partial charge in [0.2, 0.25) is 0 Å². The number of para-hydroxylation sites is 1. The second-order valence-corrected chi connectivity index (χ2v) is 11.1. The highest BCUT2D eigenvalue weighted by atomic mass is 19.1. The molecule has 9 nitrogen and oxygen atoms in total. The van der Waals surface area contributed by atoms with Crippen LogP contribution in [0.5, 0.6) is 11.5 Å². The third-order valence-corrected chi connectivity index (χ3v) is 8.55. The minimum atomic E-state index is -0.474. The van der Waals surface area contributed by atoms with Gasteiger partial charge in [0, 0.05) is 17.7 Å². The number of imidazole rings is 1. The molecule has 218 valence electrons. The topological polar surface area (TPSA) is 87.9 Å². The number of carbonyl (C=O) groups excluding carboxylic acids is 1. The first-order valence-electron chi connectivity index (χ1n) is 14.5. The van der Waals surface area contributed by atoms with Gasteiger partial charge in [-0.25, -0.2) is 19.2 Å². The summed E-state index contributed by atoms with van der Waals surface area (Å²) >= 11 is 0. The van der Waals surface area contributed by atoms with E-state index in [9.17, 15) is 9.18 Å². The van der Waals surface area contributed by atoms with Gasteiger partial charge in [-0.3, -0.25) is 4.90 Å². The molecule has 1 unspecified atom stereocenters. The van der Waals surface area contributed by atoms with Crippen LogP contribution in [-0.4, -0.2) is 64.9 Å². The van der Waals surface area contributed by atoms with Crippen LogP contribution in [-0.2, 0) is 22.6 Å². The zero-order chi connectivity index (χ0) is 28.6. The lowest BCUT2D eigenvalue weighted by atomic mass is 9.88. The lowest BCUT2D eigenvalue weighted by Crippen LogP contribution is -2.35. The summed E-state index contributed by atoms with van der Waals surface area (Å²) in [5, 5.41) is 0. The van der Waals surface area contributed by atoms with Crippen molar-refractivity contribution in [2.24, 2.45) is 0 Å². The second-order valence-electron chi connectivity index (χ2n) is 11.1. The van der Waals surface area contributed by atoms with Crippen molar-refractivity contribution in [1.82, 2.24) is 19.4 Å². The number of halogens is 1. The summed E-state index contributed by atoms with van der Waals surface area (Å²) in [6.07, 6.45) is 2.58. The summed E-state index contributed by atoms with van der Waals surface area (Å²) in [4.78, 5) is 24.1. The Balaban J connectivity index is 1.06. The summed E-state index contributed by atoms with van der Waals surface area (Å²) in [7, 11) is 1.36. The molecule has 3 aliphatic rings. The molecule has 10 heteroatoms. The fourth-order valence-electron chi connectivity index (χ4n) is 6.15. The molecule has 2 atom stereocenters. The minimum Gasteiger partial charge on any atom is -0.485 e. The zero-order valence-corrected chi connectivity index (χ0v) is 23.5. The van der Waals surface area contributed by atoms with Crippen molar-refractivity contribution in [3.05, 3.63) is 83.1 Å². The lowest BCUT2D eigenvalue weighted by molar-refractivity contribution is -0.0593. The van der Waals surface area contributed by atoms with Crippen LogP contribution < -0.4 is 9.47 Å². The van der Waals surface area contributed by atoms with E-state index in [1.54, 1.807) is 18.2 Å². The van der Waals surface area contributed by atoms with Crippen molar-refractivity contribution in [1.29, 1.82) is 0 Å². The molecule has 2 aromatic carbocycles. The van der Waals surface area contributed by atoms with Crippen LogP contribution in [0.25, 0.3) is 11.2 Å². The standard InChI is InChI=1S/C32H33FN4O5/c1-39-32(38)26-10-9-25-31(35-26)37(17-21-13-16-40-21)29(34-25)18-36-14-11-20(12-15-36)22-6-4-8-27-30(22)41-19-28(42-27)23-5-2-3-7-24(23)33/h2-10,20-21,28H,11-19H2,1H3/t21-,28?/m0/s1. The number of hydrogen-bond acceptors (Lipinski definition) is 8.